The van der Waals surface area contributed by atoms with Crippen LogP contribution in [0.4, 0.5) is 0 Å². The molecular weight excluding hydrogens is 204 g/mol. The summed E-state index contributed by atoms with van der Waals surface area (Å²) in [5.74, 6) is 0.603. The van der Waals surface area contributed by atoms with Gasteiger partial charge in [0.2, 0.25) is 5.91 Å². The van der Waals surface area contributed by atoms with Crippen molar-refractivity contribution in [3.8, 4) is 0 Å². The Labute approximate surface area is 99.1 Å². The second kappa shape index (κ2) is 7.63. The summed E-state index contributed by atoms with van der Waals surface area (Å²) >= 11 is 0. The normalized spacial score (nSPS) is 13.2. The Kier molecular flexibility index (Phi) is 7.34. The van der Waals surface area contributed by atoms with Crippen molar-refractivity contribution in [3.63, 3.8) is 0 Å². The number of amides is 1. The Morgan fingerprint density at radius 3 is 2.19 bits per heavy atom. The molecule has 0 saturated heterocycles. The molecule has 2 N–H and O–H groups in total. The van der Waals surface area contributed by atoms with Gasteiger partial charge in [0, 0.05) is 26.2 Å². The second-order valence-corrected chi connectivity index (χ2v) is 4.83. The molecule has 16 heavy (non-hydrogen) atoms. The minimum absolute atomic E-state index is 0.126. The molecule has 0 aliphatic rings. The van der Waals surface area contributed by atoms with Gasteiger partial charge in [-0.3, -0.25) is 4.79 Å². The lowest BCUT2D eigenvalue weighted by atomic mass is 10.1. The third-order valence-corrected chi connectivity index (χ3v) is 2.50. The summed E-state index contributed by atoms with van der Waals surface area (Å²) in [6.45, 7) is 9.46. The van der Waals surface area contributed by atoms with Crippen molar-refractivity contribution in [2.24, 2.45) is 11.7 Å². The highest BCUT2D eigenvalue weighted by Gasteiger charge is 2.21. The van der Waals surface area contributed by atoms with Crippen LogP contribution < -0.4 is 5.73 Å². The molecule has 0 aromatic rings. The summed E-state index contributed by atoms with van der Waals surface area (Å²) in [5.41, 5.74) is 5.51. The molecule has 4 heteroatoms. The lowest BCUT2D eigenvalue weighted by Gasteiger charge is -2.29. The molecule has 0 aliphatic heterocycles. The quantitative estimate of drug-likeness (QED) is 0.716. The van der Waals surface area contributed by atoms with E-state index in [9.17, 15) is 4.79 Å². The van der Waals surface area contributed by atoms with Crippen LogP contribution in [0.2, 0.25) is 0 Å². The van der Waals surface area contributed by atoms with Crippen molar-refractivity contribution >= 4 is 5.91 Å². The molecule has 0 aromatic carbocycles. The zero-order valence-corrected chi connectivity index (χ0v) is 11.2. The van der Waals surface area contributed by atoms with Crippen LogP contribution >= 0.6 is 0 Å². The first-order valence-corrected chi connectivity index (χ1v) is 5.94. The second-order valence-electron chi connectivity index (χ2n) is 4.83. The molecule has 0 bridgehead atoms. The summed E-state index contributed by atoms with van der Waals surface area (Å²) in [5, 5.41) is 0. The molecule has 0 aromatic heterocycles. The van der Waals surface area contributed by atoms with E-state index in [4.69, 9.17) is 10.5 Å². The van der Waals surface area contributed by atoms with E-state index < -0.39 is 0 Å². The summed E-state index contributed by atoms with van der Waals surface area (Å²) in [7, 11) is 1.59. The zero-order valence-electron chi connectivity index (χ0n) is 11.2. The van der Waals surface area contributed by atoms with Crippen LogP contribution in [0.15, 0.2) is 0 Å². The van der Waals surface area contributed by atoms with Crippen LogP contribution in [0, 0.1) is 5.92 Å². The van der Waals surface area contributed by atoms with Crippen molar-refractivity contribution in [1.29, 1.82) is 0 Å². The number of hydrogen-bond acceptors (Lipinski definition) is 3. The third-order valence-electron chi connectivity index (χ3n) is 2.50. The number of nitrogens with zero attached hydrogens (tertiary/aromatic N) is 1. The van der Waals surface area contributed by atoms with Crippen LogP contribution in [0.3, 0.4) is 0 Å². The van der Waals surface area contributed by atoms with Crippen molar-refractivity contribution in [2.45, 2.75) is 46.3 Å². The smallest absolute Gasteiger partial charge is 0.225 e. The minimum atomic E-state index is -0.166. The number of carbonyl (C=O) groups is 1. The number of nitrogens with two attached hydrogens (primary N) is 1. The SMILES string of the molecule is COC(CN)CC(=O)N(CC(C)C)C(C)C. The van der Waals surface area contributed by atoms with E-state index in [1.54, 1.807) is 7.11 Å². The molecule has 0 heterocycles. The molecule has 0 rings (SSSR count). The van der Waals surface area contributed by atoms with Crippen LogP contribution in [0.25, 0.3) is 0 Å². The minimum Gasteiger partial charge on any atom is -0.380 e. The lowest BCUT2D eigenvalue weighted by molar-refractivity contribution is -0.135. The van der Waals surface area contributed by atoms with Gasteiger partial charge in [-0.1, -0.05) is 13.8 Å². The Balaban J connectivity index is 4.37. The highest BCUT2D eigenvalue weighted by atomic mass is 16.5. The van der Waals surface area contributed by atoms with E-state index >= 15 is 0 Å². The number of hydrogen-bond donors (Lipinski definition) is 1. The summed E-state index contributed by atoms with van der Waals surface area (Å²) < 4.78 is 5.13. The fourth-order valence-corrected chi connectivity index (χ4v) is 1.57. The topological polar surface area (TPSA) is 55.6 Å². The molecule has 1 atom stereocenters. The van der Waals surface area contributed by atoms with Crippen molar-refractivity contribution in [2.75, 3.05) is 20.2 Å². The monoisotopic (exact) mass is 230 g/mol. The van der Waals surface area contributed by atoms with Crippen molar-refractivity contribution < 1.29 is 9.53 Å². The summed E-state index contributed by atoms with van der Waals surface area (Å²) in [4.78, 5) is 13.9. The third kappa shape index (κ3) is 5.47. The first-order chi connectivity index (χ1) is 7.42. The molecule has 0 saturated carbocycles. The van der Waals surface area contributed by atoms with Gasteiger partial charge in [0.25, 0.3) is 0 Å². The number of methoxy groups -OCH3 is 1. The van der Waals surface area contributed by atoms with Crippen molar-refractivity contribution in [1.82, 2.24) is 4.90 Å². The van der Waals surface area contributed by atoms with Gasteiger partial charge < -0.3 is 15.4 Å². The molecule has 0 aliphatic carbocycles. The first kappa shape index (κ1) is 15.4. The molecule has 96 valence electrons. The molecule has 0 radical (unpaired) electrons. The van der Waals surface area contributed by atoms with E-state index in [2.05, 4.69) is 13.8 Å². The number of ether oxygens (including phenoxy) is 1. The van der Waals surface area contributed by atoms with Crippen LogP contribution in [-0.2, 0) is 9.53 Å². The fraction of sp³-hybridized carbons (Fsp3) is 0.917. The van der Waals surface area contributed by atoms with Gasteiger partial charge in [0.1, 0.15) is 0 Å². The molecule has 4 nitrogen and oxygen atoms in total. The van der Waals surface area contributed by atoms with E-state index in [1.807, 2.05) is 18.7 Å². The molecule has 0 fully saturated rings. The number of rotatable bonds is 7. The van der Waals surface area contributed by atoms with Gasteiger partial charge in [-0.05, 0) is 19.8 Å². The average molecular weight is 230 g/mol. The van der Waals surface area contributed by atoms with Crippen LogP contribution in [-0.4, -0.2) is 43.2 Å². The predicted molar refractivity (Wildman–Crippen MR) is 66.2 cm³/mol. The predicted octanol–water partition coefficient (Wildman–Crippen LogP) is 1.24. The van der Waals surface area contributed by atoms with E-state index in [1.165, 1.54) is 0 Å². The van der Waals surface area contributed by atoms with Gasteiger partial charge in [0.05, 0.1) is 12.5 Å². The van der Waals surface area contributed by atoms with Gasteiger partial charge >= 0.3 is 0 Å². The maximum atomic E-state index is 12.0. The van der Waals surface area contributed by atoms with Crippen LogP contribution in [0.5, 0.6) is 0 Å². The summed E-state index contributed by atoms with van der Waals surface area (Å²) in [6.07, 6.45) is 0.207. The van der Waals surface area contributed by atoms with Gasteiger partial charge in [-0.15, -0.1) is 0 Å². The molecule has 1 unspecified atom stereocenters. The Morgan fingerprint density at radius 1 is 1.31 bits per heavy atom. The molecule has 0 spiro atoms. The van der Waals surface area contributed by atoms with E-state index in [-0.39, 0.29) is 18.1 Å². The molecular formula is C12H26N2O2. The maximum absolute atomic E-state index is 12.0. The standard InChI is InChI=1S/C12H26N2O2/c1-9(2)8-14(10(3)4)12(15)6-11(7-13)16-5/h9-11H,6-8,13H2,1-5H3. The van der Waals surface area contributed by atoms with Gasteiger partial charge in [-0.2, -0.15) is 0 Å². The highest BCUT2D eigenvalue weighted by molar-refractivity contribution is 5.77. The Hall–Kier alpha value is -0.610. The Bertz CT molecular complexity index is 201. The lowest BCUT2D eigenvalue weighted by Crippen LogP contribution is -2.42. The van der Waals surface area contributed by atoms with E-state index in [0.29, 0.717) is 18.9 Å². The largest absolute Gasteiger partial charge is 0.380 e. The molecule has 1 amide bonds. The van der Waals surface area contributed by atoms with Gasteiger partial charge in [0.15, 0.2) is 0 Å². The number of carbonyl (C=O) groups excluding carboxylic acids is 1. The van der Waals surface area contributed by atoms with Gasteiger partial charge in [-0.25, -0.2) is 0 Å². The van der Waals surface area contributed by atoms with E-state index in [0.717, 1.165) is 6.54 Å². The fourth-order valence-electron chi connectivity index (χ4n) is 1.57. The Morgan fingerprint density at radius 2 is 1.88 bits per heavy atom. The first-order valence-electron chi connectivity index (χ1n) is 5.94. The van der Waals surface area contributed by atoms with Crippen LogP contribution in [0.1, 0.15) is 34.1 Å². The summed E-state index contributed by atoms with van der Waals surface area (Å²) in [6, 6.07) is 0.227. The maximum Gasteiger partial charge on any atom is 0.225 e. The average Bonchev–Trinajstić information content (AvgIpc) is 2.21. The highest BCUT2D eigenvalue weighted by Crippen LogP contribution is 2.08. The zero-order chi connectivity index (χ0) is 12.7. The van der Waals surface area contributed by atoms with Crippen molar-refractivity contribution in [3.05, 3.63) is 0 Å².